The highest BCUT2D eigenvalue weighted by atomic mass is 32.2. The van der Waals surface area contributed by atoms with E-state index in [4.69, 9.17) is 13.8 Å². The van der Waals surface area contributed by atoms with Crippen molar-refractivity contribution in [2.24, 2.45) is 5.41 Å². The number of phosphoric acid groups is 1. The van der Waals surface area contributed by atoms with Gasteiger partial charge in [0.2, 0.25) is 11.8 Å². The molecule has 0 aromatic rings. The van der Waals surface area contributed by atoms with E-state index in [1.54, 1.807) is 20.8 Å². The molecule has 0 aliphatic carbocycles. The summed E-state index contributed by atoms with van der Waals surface area (Å²) in [6, 6.07) is 0. The molecule has 1 aliphatic heterocycles. The van der Waals surface area contributed by atoms with E-state index in [-0.39, 0.29) is 56.6 Å². The van der Waals surface area contributed by atoms with Crippen LogP contribution in [-0.4, -0.2) is 66.0 Å². The van der Waals surface area contributed by atoms with Crippen LogP contribution < -0.4 is 10.6 Å². The van der Waals surface area contributed by atoms with E-state index in [9.17, 15) is 28.6 Å². The van der Waals surface area contributed by atoms with E-state index in [0.717, 1.165) is 11.8 Å². The number of ether oxygens (including phenoxy) is 1. The number of nitrogens with one attached hydrogen (secondary N) is 2. The summed E-state index contributed by atoms with van der Waals surface area (Å²) in [7, 11) is -4.26. The second-order valence-corrected chi connectivity index (χ2v) is 9.69. The summed E-state index contributed by atoms with van der Waals surface area (Å²) in [6.07, 6.45) is -1.07. The Labute approximate surface area is 179 Å². The van der Waals surface area contributed by atoms with Gasteiger partial charge in [-0.1, -0.05) is 25.6 Å². The second kappa shape index (κ2) is 12.4. The van der Waals surface area contributed by atoms with Crippen LogP contribution >= 0.6 is 19.6 Å². The van der Waals surface area contributed by atoms with Gasteiger partial charge in [-0.3, -0.25) is 28.2 Å². The molecule has 1 unspecified atom stereocenters. The van der Waals surface area contributed by atoms with Crippen LogP contribution in [0.3, 0.4) is 0 Å². The monoisotopic (exact) mass is 468 g/mol. The summed E-state index contributed by atoms with van der Waals surface area (Å²) in [5.41, 5.74) is -0.806. The molecule has 30 heavy (non-hydrogen) atoms. The maximum absolute atomic E-state index is 12.2. The minimum absolute atomic E-state index is 0.00630. The molecule has 13 heteroatoms. The zero-order valence-corrected chi connectivity index (χ0v) is 19.0. The smallest absolute Gasteiger partial charge is 0.466 e. The third kappa shape index (κ3) is 10.0. The predicted octanol–water partition coefficient (Wildman–Crippen LogP) is 0.754. The van der Waals surface area contributed by atoms with Gasteiger partial charge < -0.3 is 20.3 Å². The average Bonchev–Trinajstić information content (AvgIpc) is 2.66. The minimum Gasteiger partial charge on any atom is -0.466 e. The first-order valence-electron chi connectivity index (χ1n) is 9.48. The van der Waals surface area contributed by atoms with Crippen molar-refractivity contribution >= 4 is 42.5 Å². The number of carbonyl (C=O) groups is 4. The van der Waals surface area contributed by atoms with Crippen molar-refractivity contribution < 1.29 is 42.4 Å². The first-order valence-corrected chi connectivity index (χ1v) is 12.0. The fourth-order valence-electron chi connectivity index (χ4n) is 2.38. The highest BCUT2D eigenvalue weighted by Crippen LogP contribution is 2.52. The third-order valence-electron chi connectivity index (χ3n) is 3.96. The van der Waals surface area contributed by atoms with Gasteiger partial charge in [0.1, 0.15) is 0 Å². The quantitative estimate of drug-likeness (QED) is 0.225. The van der Waals surface area contributed by atoms with Gasteiger partial charge >= 0.3 is 13.8 Å². The lowest BCUT2D eigenvalue weighted by Crippen LogP contribution is -2.49. The summed E-state index contributed by atoms with van der Waals surface area (Å²) in [4.78, 5) is 56.3. The molecule has 0 bridgehead atoms. The maximum atomic E-state index is 12.2. The first kappa shape index (κ1) is 26.6. The van der Waals surface area contributed by atoms with Gasteiger partial charge in [0.25, 0.3) is 0 Å². The highest BCUT2D eigenvalue weighted by molar-refractivity contribution is 8.13. The number of carbonyl (C=O) groups excluding carboxylic acids is 4. The van der Waals surface area contributed by atoms with Crippen LogP contribution in [0.25, 0.3) is 0 Å². The molecular weight excluding hydrogens is 439 g/mol. The number of amides is 2. The number of hydrogen-bond acceptors (Lipinski definition) is 9. The number of hydrogen-bond donors (Lipinski definition) is 3. The van der Waals surface area contributed by atoms with Crippen LogP contribution in [0, 0.1) is 5.41 Å². The Balaban J connectivity index is 2.20. The molecule has 1 fully saturated rings. The Morgan fingerprint density at radius 2 is 1.87 bits per heavy atom. The zero-order valence-electron chi connectivity index (χ0n) is 17.3. The summed E-state index contributed by atoms with van der Waals surface area (Å²) >= 11 is 1.02. The predicted molar refractivity (Wildman–Crippen MR) is 108 cm³/mol. The largest absolute Gasteiger partial charge is 0.472 e. The van der Waals surface area contributed by atoms with Crippen LogP contribution in [0.15, 0.2) is 0 Å². The fraction of sp³-hybridized carbons (Fsp3) is 0.765. The van der Waals surface area contributed by atoms with E-state index >= 15 is 0 Å². The normalized spacial score (nSPS) is 22.7. The van der Waals surface area contributed by atoms with Crippen molar-refractivity contribution in [3.63, 3.8) is 0 Å². The zero-order chi connectivity index (χ0) is 22.8. The van der Waals surface area contributed by atoms with E-state index in [2.05, 4.69) is 10.6 Å². The minimum atomic E-state index is -4.26. The van der Waals surface area contributed by atoms with Gasteiger partial charge in [-0.25, -0.2) is 4.57 Å². The number of thioether (sulfide) groups is 1. The maximum Gasteiger partial charge on any atom is 0.472 e. The van der Waals surface area contributed by atoms with Gasteiger partial charge in [0.05, 0.1) is 19.6 Å². The standard InChI is InChI=1S/C17H29N2O9PS/c1-4-26-13(21)5-6-14(22)30-10-9-18-12(20)7-8-19-16(23)15-17(2,3)11-27-29(24,25)28-15/h15H,4-11H2,1-3H3,(H,18,20)(H,19,23)(H,24,25)/t15-/m0/s1. The molecule has 0 saturated carbocycles. The molecule has 1 saturated heterocycles. The van der Waals surface area contributed by atoms with E-state index in [0.29, 0.717) is 5.75 Å². The summed E-state index contributed by atoms with van der Waals surface area (Å²) in [5.74, 6) is -0.989. The van der Waals surface area contributed by atoms with Gasteiger partial charge in [-0.15, -0.1) is 0 Å². The Kier molecular flexibility index (Phi) is 11.0. The van der Waals surface area contributed by atoms with Gasteiger partial charge in [-0.05, 0) is 6.92 Å². The van der Waals surface area contributed by atoms with E-state index in [1.165, 1.54) is 0 Å². The summed E-state index contributed by atoms with van der Waals surface area (Å²) in [6.45, 7) is 5.44. The Morgan fingerprint density at radius 1 is 1.17 bits per heavy atom. The number of rotatable bonds is 11. The third-order valence-corrected chi connectivity index (χ3v) is 5.83. The van der Waals surface area contributed by atoms with Crippen molar-refractivity contribution in [1.29, 1.82) is 0 Å². The molecule has 0 spiro atoms. The van der Waals surface area contributed by atoms with E-state index in [1.807, 2.05) is 0 Å². The highest BCUT2D eigenvalue weighted by Gasteiger charge is 2.47. The van der Waals surface area contributed by atoms with Gasteiger partial charge in [0.15, 0.2) is 11.2 Å². The summed E-state index contributed by atoms with van der Waals surface area (Å²) in [5, 5.41) is 4.96. The molecule has 0 radical (unpaired) electrons. The number of phosphoric ester groups is 1. The second-order valence-electron chi connectivity index (χ2n) is 7.13. The topological polar surface area (TPSA) is 157 Å². The fourth-order valence-corrected chi connectivity index (χ4v) is 4.26. The van der Waals surface area contributed by atoms with Crippen LogP contribution in [0.1, 0.15) is 40.0 Å². The lowest BCUT2D eigenvalue weighted by Gasteiger charge is -2.38. The molecule has 2 amide bonds. The molecule has 1 heterocycles. The van der Waals surface area contributed by atoms with Crippen molar-refractivity contribution in [2.75, 3.05) is 32.1 Å². The SMILES string of the molecule is CCOC(=O)CCC(=O)SCCNC(=O)CCNC(=O)[C@@H]1OP(=O)(O)OCC1(C)C. The Hall–Kier alpha value is -1.46. The molecule has 172 valence electrons. The number of esters is 1. The molecule has 1 rings (SSSR count). The molecule has 11 nitrogen and oxygen atoms in total. The molecule has 3 N–H and O–H groups in total. The van der Waals surface area contributed by atoms with Crippen LogP contribution in [0.5, 0.6) is 0 Å². The summed E-state index contributed by atoms with van der Waals surface area (Å²) < 4.78 is 25.9. The molecule has 0 aromatic heterocycles. The van der Waals surface area contributed by atoms with Gasteiger partial charge in [-0.2, -0.15) is 0 Å². The molecular formula is C17H29N2O9PS. The Morgan fingerprint density at radius 3 is 2.53 bits per heavy atom. The molecule has 1 aliphatic rings. The molecule has 2 atom stereocenters. The lowest BCUT2D eigenvalue weighted by molar-refractivity contribution is -0.144. The van der Waals surface area contributed by atoms with Crippen molar-refractivity contribution in [2.45, 2.75) is 46.1 Å². The van der Waals surface area contributed by atoms with Crippen LogP contribution in [0.2, 0.25) is 0 Å². The first-order chi connectivity index (χ1) is 14.0. The van der Waals surface area contributed by atoms with Crippen molar-refractivity contribution in [1.82, 2.24) is 10.6 Å². The lowest BCUT2D eigenvalue weighted by atomic mass is 9.87. The van der Waals surface area contributed by atoms with Crippen LogP contribution in [-0.2, 0) is 37.5 Å². The van der Waals surface area contributed by atoms with Crippen molar-refractivity contribution in [3.05, 3.63) is 0 Å². The molecule has 0 aromatic carbocycles. The Bertz CT molecular complexity index is 686. The van der Waals surface area contributed by atoms with Crippen LogP contribution in [0.4, 0.5) is 0 Å². The van der Waals surface area contributed by atoms with Gasteiger partial charge in [0, 0.05) is 37.1 Å². The van der Waals surface area contributed by atoms with Crippen molar-refractivity contribution in [3.8, 4) is 0 Å². The van der Waals surface area contributed by atoms with E-state index < -0.39 is 31.2 Å². The average molecular weight is 468 g/mol.